The van der Waals surface area contributed by atoms with Gasteiger partial charge in [-0.25, -0.2) is 0 Å². The fourth-order valence-corrected chi connectivity index (χ4v) is 3.87. The molecule has 1 unspecified atom stereocenters. The highest BCUT2D eigenvalue weighted by Gasteiger charge is 2.47. The number of pyridine rings is 1. The lowest BCUT2D eigenvalue weighted by molar-refractivity contribution is -0.132. The number of nitrogens with zero attached hydrogens (tertiary/aromatic N) is 2. The Morgan fingerprint density at radius 2 is 1.84 bits per heavy atom. The minimum absolute atomic E-state index is 0.0460. The lowest BCUT2D eigenvalue weighted by atomic mass is 9.98. The maximum absolute atomic E-state index is 13.1. The van der Waals surface area contributed by atoms with Crippen molar-refractivity contribution < 1.29 is 19.4 Å². The van der Waals surface area contributed by atoms with E-state index in [0.29, 0.717) is 27.7 Å². The third-order valence-electron chi connectivity index (χ3n) is 4.98. The topological polar surface area (TPSA) is 79.7 Å². The van der Waals surface area contributed by atoms with Crippen molar-refractivity contribution in [1.82, 2.24) is 4.98 Å². The predicted octanol–water partition coefficient (Wildman–Crippen LogP) is 5.15. The number of carbonyl (C=O) groups excluding carboxylic acids is 2. The van der Waals surface area contributed by atoms with Crippen LogP contribution >= 0.6 is 11.6 Å². The summed E-state index contributed by atoms with van der Waals surface area (Å²) in [6.45, 7) is 3.79. The first-order valence-corrected chi connectivity index (χ1v) is 10.5. The molecule has 0 spiro atoms. The van der Waals surface area contributed by atoms with Gasteiger partial charge in [0, 0.05) is 22.5 Å². The van der Waals surface area contributed by atoms with Crippen LogP contribution in [0.15, 0.2) is 78.5 Å². The van der Waals surface area contributed by atoms with Gasteiger partial charge in [-0.2, -0.15) is 0 Å². The molecule has 1 atom stereocenters. The van der Waals surface area contributed by atoms with Crippen LogP contribution in [0.3, 0.4) is 0 Å². The third kappa shape index (κ3) is 4.09. The highest BCUT2D eigenvalue weighted by atomic mass is 35.5. The quantitative estimate of drug-likeness (QED) is 0.332. The van der Waals surface area contributed by atoms with E-state index in [1.165, 1.54) is 4.90 Å². The van der Waals surface area contributed by atoms with E-state index in [2.05, 4.69) is 4.98 Å². The lowest BCUT2D eigenvalue weighted by Crippen LogP contribution is -2.29. The molecular weight excluding hydrogens is 428 g/mol. The van der Waals surface area contributed by atoms with E-state index in [1.807, 2.05) is 13.8 Å². The molecule has 1 aliphatic rings. The van der Waals surface area contributed by atoms with Crippen LogP contribution in [0.1, 0.15) is 31.1 Å². The van der Waals surface area contributed by atoms with E-state index >= 15 is 0 Å². The molecule has 1 saturated heterocycles. The van der Waals surface area contributed by atoms with Crippen LogP contribution in [-0.2, 0) is 9.59 Å². The SMILES string of the molecule is CC(C)Oc1cccc(/C(O)=C2\C(=O)C(=O)N(c3cccc(Cl)c3)C2c2ccccn2)c1. The number of halogens is 1. The van der Waals surface area contributed by atoms with E-state index < -0.39 is 17.7 Å². The number of ketones is 1. The highest BCUT2D eigenvalue weighted by molar-refractivity contribution is 6.51. The first-order chi connectivity index (χ1) is 15.4. The summed E-state index contributed by atoms with van der Waals surface area (Å²) < 4.78 is 5.71. The summed E-state index contributed by atoms with van der Waals surface area (Å²) in [5, 5.41) is 11.6. The van der Waals surface area contributed by atoms with Gasteiger partial charge in [0.05, 0.1) is 17.4 Å². The maximum atomic E-state index is 13.1. The van der Waals surface area contributed by atoms with Crippen molar-refractivity contribution in [2.75, 3.05) is 4.90 Å². The molecule has 4 rings (SSSR count). The summed E-state index contributed by atoms with van der Waals surface area (Å²) in [6, 6.07) is 17.7. The van der Waals surface area contributed by atoms with Gasteiger partial charge in [0.15, 0.2) is 0 Å². The number of hydrogen-bond donors (Lipinski definition) is 1. The van der Waals surface area contributed by atoms with Crippen LogP contribution in [-0.4, -0.2) is 27.9 Å². The summed E-state index contributed by atoms with van der Waals surface area (Å²) in [4.78, 5) is 31.9. The normalized spacial score (nSPS) is 17.8. The Hall–Kier alpha value is -3.64. The van der Waals surface area contributed by atoms with Crippen LogP contribution in [0.2, 0.25) is 5.02 Å². The zero-order valence-corrected chi connectivity index (χ0v) is 18.3. The largest absolute Gasteiger partial charge is 0.507 e. The van der Waals surface area contributed by atoms with Gasteiger partial charge in [-0.05, 0) is 56.3 Å². The molecule has 3 aromatic rings. The molecule has 1 amide bonds. The number of amides is 1. The molecule has 1 aliphatic heterocycles. The summed E-state index contributed by atoms with van der Waals surface area (Å²) in [6.07, 6.45) is 1.51. The summed E-state index contributed by atoms with van der Waals surface area (Å²) >= 11 is 6.14. The zero-order chi connectivity index (χ0) is 22.8. The number of aliphatic hydroxyl groups excluding tert-OH is 1. The maximum Gasteiger partial charge on any atom is 0.300 e. The summed E-state index contributed by atoms with van der Waals surface area (Å²) in [5.74, 6) is -1.31. The molecule has 6 nitrogen and oxygen atoms in total. The van der Waals surface area contributed by atoms with E-state index in [-0.39, 0.29) is 17.4 Å². The standard InChI is InChI=1S/C25H21ClN2O4/c1-15(2)32-19-10-5-7-16(13-19)23(29)21-22(20-11-3-4-12-27-20)28(25(31)24(21)30)18-9-6-8-17(26)14-18/h3-15,22,29H,1-2H3/b23-21+. The van der Waals surface area contributed by atoms with Crippen LogP contribution in [0.5, 0.6) is 5.75 Å². The molecule has 7 heteroatoms. The lowest BCUT2D eigenvalue weighted by Gasteiger charge is -2.24. The van der Waals surface area contributed by atoms with Crippen molar-refractivity contribution in [2.24, 2.45) is 0 Å². The van der Waals surface area contributed by atoms with Gasteiger partial charge in [-0.1, -0.05) is 35.9 Å². The Labute approximate surface area is 190 Å². The molecule has 1 fully saturated rings. The first kappa shape index (κ1) is 21.6. The van der Waals surface area contributed by atoms with Gasteiger partial charge in [-0.3, -0.25) is 19.5 Å². The molecule has 0 bridgehead atoms. The average Bonchev–Trinajstić information content (AvgIpc) is 3.04. The van der Waals surface area contributed by atoms with Gasteiger partial charge in [0.1, 0.15) is 17.6 Å². The van der Waals surface area contributed by atoms with Gasteiger partial charge < -0.3 is 9.84 Å². The molecule has 32 heavy (non-hydrogen) atoms. The molecule has 2 heterocycles. The summed E-state index contributed by atoms with van der Waals surface area (Å²) in [7, 11) is 0. The number of aromatic nitrogens is 1. The van der Waals surface area contributed by atoms with Crippen LogP contribution < -0.4 is 9.64 Å². The molecule has 162 valence electrons. The Bertz CT molecular complexity index is 1210. The monoisotopic (exact) mass is 448 g/mol. The average molecular weight is 449 g/mol. The van der Waals surface area contributed by atoms with E-state index in [0.717, 1.165) is 0 Å². The number of hydrogen-bond acceptors (Lipinski definition) is 5. The number of aliphatic hydroxyl groups is 1. The molecule has 1 N–H and O–H groups in total. The molecular formula is C25H21ClN2O4. The van der Waals surface area contributed by atoms with Crippen LogP contribution in [0.25, 0.3) is 5.76 Å². The van der Waals surface area contributed by atoms with Gasteiger partial charge in [-0.15, -0.1) is 0 Å². The van der Waals surface area contributed by atoms with Crippen molar-refractivity contribution in [3.63, 3.8) is 0 Å². The second-order valence-corrected chi connectivity index (χ2v) is 8.03. The van der Waals surface area contributed by atoms with Gasteiger partial charge >= 0.3 is 0 Å². The number of anilines is 1. The van der Waals surface area contributed by atoms with Crippen molar-refractivity contribution in [3.8, 4) is 5.75 Å². The molecule has 0 saturated carbocycles. The molecule has 2 aromatic carbocycles. The molecule has 1 aromatic heterocycles. The Morgan fingerprint density at radius 3 is 2.53 bits per heavy atom. The number of ether oxygens (including phenoxy) is 1. The minimum Gasteiger partial charge on any atom is -0.507 e. The predicted molar refractivity (Wildman–Crippen MR) is 123 cm³/mol. The highest BCUT2D eigenvalue weighted by Crippen LogP contribution is 2.42. The zero-order valence-electron chi connectivity index (χ0n) is 17.5. The molecule has 0 radical (unpaired) electrons. The van der Waals surface area contributed by atoms with Gasteiger partial charge in [0.2, 0.25) is 0 Å². The minimum atomic E-state index is -0.913. The Morgan fingerprint density at radius 1 is 1.06 bits per heavy atom. The summed E-state index contributed by atoms with van der Waals surface area (Å²) in [5.41, 5.74) is 1.21. The number of Topliss-reactive ketones (excluding diaryl/α,β-unsaturated/α-hetero) is 1. The van der Waals surface area contributed by atoms with E-state index in [1.54, 1.807) is 72.9 Å². The molecule has 0 aliphatic carbocycles. The van der Waals surface area contributed by atoms with Crippen molar-refractivity contribution >= 4 is 34.7 Å². The van der Waals surface area contributed by atoms with Crippen molar-refractivity contribution in [1.29, 1.82) is 0 Å². The Kier molecular flexibility index (Phi) is 5.97. The van der Waals surface area contributed by atoms with Crippen LogP contribution in [0, 0.1) is 0 Å². The Balaban J connectivity index is 1.90. The second kappa shape index (κ2) is 8.85. The fourth-order valence-electron chi connectivity index (χ4n) is 3.69. The smallest absolute Gasteiger partial charge is 0.300 e. The van der Waals surface area contributed by atoms with E-state index in [4.69, 9.17) is 16.3 Å². The fraction of sp³-hybridized carbons (Fsp3) is 0.160. The van der Waals surface area contributed by atoms with Gasteiger partial charge in [0.25, 0.3) is 11.7 Å². The van der Waals surface area contributed by atoms with E-state index in [9.17, 15) is 14.7 Å². The second-order valence-electron chi connectivity index (χ2n) is 7.60. The third-order valence-corrected chi connectivity index (χ3v) is 5.21. The number of benzene rings is 2. The number of rotatable bonds is 5. The van der Waals surface area contributed by atoms with Crippen LogP contribution in [0.4, 0.5) is 5.69 Å². The van der Waals surface area contributed by atoms with Crippen molar-refractivity contribution in [2.45, 2.75) is 26.0 Å². The number of carbonyl (C=O) groups is 2. The van der Waals surface area contributed by atoms with Crippen molar-refractivity contribution in [3.05, 3.63) is 94.8 Å². The first-order valence-electron chi connectivity index (χ1n) is 10.1.